The first-order chi connectivity index (χ1) is 44.6. The van der Waals surface area contributed by atoms with Gasteiger partial charge in [-0.15, -0.1) is 0 Å². The van der Waals surface area contributed by atoms with Crippen LogP contribution in [0.2, 0.25) is 0 Å². The molecule has 12 aromatic rings. The molecule has 2 nitrogen and oxygen atoms in total. The summed E-state index contributed by atoms with van der Waals surface area (Å²) in [7, 11) is 0. The van der Waals surface area contributed by atoms with Crippen molar-refractivity contribution in [2.24, 2.45) is 0 Å². The van der Waals surface area contributed by atoms with Crippen LogP contribution in [-0.2, 0) is 10.8 Å². The number of rotatable bonds is 9. The van der Waals surface area contributed by atoms with Gasteiger partial charge in [0.15, 0.2) is 0 Å². The second kappa shape index (κ2) is 20.7. The number of para-hydroxylation sites is 2. The quantitative estimate of drug-likeness (QED) is 0.133. The summed E-state index contributed by atoms with van der Waals surface area (Å²) in [5.74, 6) is 0. The van der Waals surface area contributed by atoms with E-state index in [1.165, 1.54) is 11.1 Å². The van der Waals surface area contributed by atoms with E-state index in [0.29, 0.717) is 11.1 Å². The first kappa shape index (κ1) is 41.3. The molecule has 0 aliphatic carbocycles. The Balaban J connectivity index is 1.22. The summed E-state index contributed by atoms with van der Waals surface area (Å²) in [4.78, 5) is 4.77. The summed E-state index contributed by atoms with van der Waals surface area (Å²) in [6.07, 6.45) is 0. The smallest absolute Gasteiger partial charge is 0.252 e. The van der Waals surface area contributed by atoms with Crippen LogP contribution in [0.3, 0.4) is 0 Å². The molecule has 3 heteroatoms. The third-order valence-electron chi connectivity index (χ3n) is 16.5. The SMILES string of the molecule is [2H]c1c([2H])c([2H])c(-c2ccc3c(c2)B2c4cc(-c5c([2H])c([2H])c([2H])c([2H])c5[2H])ccc4N(c4c(-c5ccccc5)cccc4-c4ccccc4)c4cc(-c5ccc(C(C)(C)C)cc5C(C)(C)C)cc(c42)N3c2c(-c3ccccc3)cccc2-c2ccccc2)c([2H])c1[2H]. The van der Waals surface area contributed by atoms with E-state index in [1.807, 2.05) is 60.7 Å². The number of fused-ring (bicyclic) bond motifs is 4. The lowest BCUT2D eigenvalue weighted by Crippen LogP contribution is -2.61. The molecular weight excluding hydrogens is 1000 g/mol. The van der Waals surface area contributed by atoms with Crippen LogP contribution in [0, 0.1) is 0 Å². The van der Waals surface area contributed by atoms with Crippen molar-refractivity contribution < 1.29 is 13.7 Å². The molecule has 2 aliphatic heterocycles. The van der Waals surface area contributed by atoms with Crippen molar-refractivity contribution in [3.63, 3.8) is 0 Å². The lowest BCUT2D eigenvalue weighted by Gasteiger charge is -2.46. The Morgan fingerprint density at radius 2 is 0.687 bits per heavy atom. The van der Waals surface area contributed by atoms with Crippen molar-refractivity contribution in [1.82, 2.24) is 0 Å². The van der Waals surface area contributed by atoms with Crippen molar-refractivity contribution >= 4 is 57.2 Å². The number of hydrogen-bond acceptors (Lipinski definition) is 2. The van der Waals surface area contributed by atoms with Crippen LogP contribution >= 0.6 is 0 Å². The molecule has 398 valence electrons. The van der Waals surface area contributed by atoms with Gasteiger partial charge in [0.25, 0.3) is 6.71 Å². The predicted molar refractivity (Wildman–Crippen MR) is 356 cm³/mol. The summed E-state index contributed by atoms with van der Waals surface area (Å²) >= 11 is 0. The average molecular weight is 1080 g/mol. The molecule has 0 radical (unpaired) electrons. The lowest BCUT2D eigenvalue weighted by atomic mass is 9.33. The molecule has 14 rings (SSSR count). The van der Waals surface area contributed by atoms with Gasteiger partial charge in [-0.05, 0) is 118 Å². The van der Waals surface area contributed by atoms with Crippen molar-refractivity contribution in [2.75, 3.05) is 9.80 Å². The molecule has 12 aromatic carbocycles. The van der Waals surface area contributed by atoms with Crippen LogP contribution < -0.4 is 26.2 Å². The second-order valence-electron chi connectivity index (χ2n) is 23.7. The van der Waals surface area contributed by atoms with E-state index < -0.39 is 43.0 Å². The number of benzene rings is 12. The van der Waals surface area contributed by atoms with Crippen molar-refractivity contribution in [3.8, 4) is 77.9 Å². The molecule has 0 unspecified atom stereocenters. The molecule has 0 spiro atoms. The normalized spacial score (nSPS) is 14.3. The molecule has 0 saturated heterocycles. The van der Waals surface area contributed by atoms with E-state index in [2.05, 4.69) is 215 Å². The van der Waals surface area contributed by atoms with Gasteiger partial charge in [-0.25, -0.2) is 0 Å². The Labute approximate surface area is 504 Å². The Hall–Kier alpha value is -9.70. The van der Waals surface area contributed by atoms with E-state index in [4.69, 9.17) is 8.22 Å². The highest BCUT2D eigenvalue weighted by Crippen LogP contribution is 2.54. The van der Waals surface area contributed by atoms with E-state index in [-0.39, 0.29) is 46.1 Å². The second-order valence-corrected chi connectivity index (χ2v) is 23.7. The van der Waals surface area contributed by atoms with Crippen LogP contribution in [0.5, 0.6) is 0 Å². The lowest BCUT2D eigenvalue weighted by molar-refractivity contribution is 0.570. The molecule has 83 heavy (non-hydrogen) atoms. The molecule has 0 aromatic heterocycles. The summed E-state index contributed by atoms with van der Waals surface area (Å²) in [5, 5.41) is 0. The number of nitrogens with zero attached hydrogens (tertiary/aromatic N) is 2. The van der Waals surface area contributed by atoms with Crippen LogP contribution in [0.4, 0.5) is 34.1 Å². The minimum atomic E-state index is -0.727. The molecule has 0 amide bonds. The fourth-order valence-corrected chi connectivity index (χ4v) is 12.6. The maximum absolute atomic E-state index is 9.47. The molecule has 0 saturated carbocycles. The maximum Gasteiger partial charge on any atom is 0.252 e. The molecule has 2 heterocycles. The summed E-state index contributed by atoms with van der Waals surface area (Å²) in [5.41, 5.74) is 19.8. The van der Waals surface area contributed by atoms with Gasteiger partial charge in [0, 0.05) is 45.0 Å². The zero-order chi connectivity index (χ0) is 65.1. The molecular formula is C80H65BN2. The van der Waals surface area contributed by atoms with Gasteiger partial charge in [-0.2, -0.15) is 0 Å². The van der Waals surface area contributed by atoms with Crippen LogP contribution in [0.1, 0.15) is 66.4 Å². The molecule has 2 aliphatic rings. The topological polar surface area (TPSA) is 6.48 Å². The number of hydrogen-bond donors (Lipinski definition) is 0. The summed E-state index contributed by atoms with van der Waals surface area (Å²) in [6.45, 7) is 12.8. The van der Waals surface area contributed by atoms with Gasteiger partial charge in [-0.1, -0.05) is 302 Å². The van der Waals surface area contributed by atoms with E-state index in [9.17, 15) is 5.48 Å². The Morgan fingerprint density at radius 1 is 0.301 bits per heavy atom. The van der Waals surface area contributed by atoms with Gasteiger partial charge in [0.1, 0.15) is 0 Å². The highest BCUT2D eigenvalue weighted by molar-refractivity contribution is 7.00. The Kier molecular flexibility index (Phi) is 10.3. The molecule has 0 atom stereocenters. The zero-order valence-electron chi connectivity index (χ0n) is 57.3. The third-order valence-corrected chi connectivity index (χ3v) is 16.5. The van der Waals surface area contributed by atoms with Crippen LogP contribution in [-0.4, -0.2) is 6.71 Å². The maximum atomic E-state index is 9.47. The Morgan fingerprint density at radius 3 is 1.05 bits per heavy atom. The van der Waals surface area contributed by atoms with Gasteiger partial charge >= 0.3 is 0 Å². The summed E-state index contributed by atoms with van der Waals surface area (Å²) < 4.78 is 91.2. The van der Waals surface area contributed by atoms with Crippen molar-refractivity contribution in [2.45, 2.75) is 52.4 Å². The van der Waals surface area contributed by atoms with E-state index in [0.717, 1.165) is 106 Å². The largest absolute Gasteiger partial charge is 0.310 e. The van der Waals surface area contributed by atoms with E-state index in [1.54, 1.807) is 0 Å². The van der Waals surface area contributed by atoms with Crippen LogP contribution in [0.15, 0.2) is 285 Å². The van der Waals surface area contributed by atoms with Gasteiger partial charge in [0.2, 0.25) is 0 Å². The fraction of sp³-hybridized carbons (Fsp3) is 0.100. The Bertz CT molecular complexity index is 4560. The fourth-order valence-electron chi connectivity index (χ4n) is 12.6. The highest BCUT2D eigenvalue weighted by Gasteiger charge is 2.46. The highest BCUT2D eigenvalue weighted by atomic mass is 15.2. The monoisotopic (exact) mass is 1070 g/mol. The standard InChI is InChI=1S/C80H65BN2/c1-79(2,3)63-45-46-64(69(53-63)80(4,5)6)62-51-74-76-75(52-62)83(78-67(58-35-21-11-22-36-58)41-26-42-68(78)59-37-23-12-24-38-59)73-48-44-61(55-29-15-8-16-30-55)50-71(73)81(76)70-49-60(54-27-13-7-14-28-54)43-47-72(70)82(74)77-65(56-31-17-9-18-32-56)39-25-40-66(77)57-33-19-10-20-34-57/h7-53H,1-6H3/i7D,8D,13D,14D,15D,16D,27D,28D,29D,30D. The molecule has 0 N–H and O–H groups in total. The van der Waals surface area contributed by atoms with Crippen molar-refractivity contribution in [1.29, 1.82) is 0 Å². The first-order valence-corrected chi connectivity index (χ1v) is 28.5. The minimum Gasteiger partial charge on any atom is -0.310 e. The number of anilines is 6. The first-order valence-electron chi connectivity index (χ1n) is 33.5. The average Bonchev–Trinajstić information content (AvgIpc) is 0.688. The predicted octanol–water partition coefficient (Wildman–Crippen LogP) is 20.0. The van der Waals surface area contributed by atoms with Crippen LogP contribution in [0.25, 0.3) is 77.9 Å². The van der Waals surface area contributed by atoms with Gasteiger partial charge < -0.3 is 9.80 Å². The molecule has 0 bridgehead atoms. The minimum absolute atomic E-state index is 0.0506. The van der Waals surface area contributed by atoms with Crippen molar-refractivity contribution in [3.05, 3.63) is 296 Å². The van der Waals surface area contributed by atoms with Gasteiger partial charge in [-0.3, -0.25) is 0 Å². The van der Waals surface area contributed by atoms with E-state index >= 15 is 0 Å². The molecule has 0 fully saturated rings. The third kappa shape index (κ3) is 9.18. The van der Waals surface area contributed by atoms with Gasteiger partial charge in [0.05, 0.1) is 25.1 Å². The summed E-state index contributed by atoms with van der Waals surface area (Å²) in [6, 6.07) is 73.6. The zero-order valence-corrected chi connectivity index (χ0v) is 47.3.